The molecule has 0 radical (unpaired) electrons. The molecule has 0 spiro atoms. The van der Waals surface area contributed by atoms with E-state index in [1.165, 1.54) is 6.07 Å². The van der Waals surface area contributed by atoms with Gasteiger partial charge in [-0.2, -0.15) is 0 Å². The van der Waals surface area contributed by atoms with Gasteiger partial charge in [0, 0.05) is 0 Å². The maximum Gasteiger partial charge on any atom is 0.206 e. The van der Waals surface area contributed by atoms with Gasteiger partial charge in [0.25, 0.3) is 0 Å². The minimum atomic E-state index is -0.878. The van der Waals surface area contributed by atoms with E-state index in [1.807, 2.05) is 12.1 Å². The van der Waals surface area contributed by atoms with Crippen molar-refractivity contribution in [3.05, 3.63) is 63.2 Å². The van der Waals surface area contributed by atoms with Crippen LogP contribution in [0.25, 0.3) is 0 Å². The summed E-state index contributed by atoms with van der Waals surface area (Å²) in [5.41, 5.74) is -0.562. The number of hydrogen-bond donors (Lipinski definition) is 0. The topological polar surface area (TPSA) is 26.3 Å². The molecule has 98 valence electrons. The molecule has 2 aromatic rings. The summed E-state index contributed by atoms with van der Waals surface area (Å²) >= 11 is 2.05. The molecule has 2 aromatic carbocycles. The molecule has 19 heavy (non-hydrogen) atoms. The maximum atomic E-state index is 13.4. The van der Waals surface area contributed by atoms with E-state index < -0.39 is 29.6 Å². The standard InChI is InChI=1S/C14H9F2IO2/c15-9-4-3-5-10(16)14(9)12(18)8-19-13-7-2-1-6-11(13)17/h1-7H,8H2. The van der Waals surface area contributed by atoms with Crippen LogP contribution in [0.3, 0.4) is 0 Å². The number of halogens is 3. The molecular weight excluding hydrogens is 365 g/mol. The van der Waals surface area contributed by atoms with Crippen LogP contribution in [0.4, 0.5) is 8.78 Å². The summed E-state index contributed by atoms with van der Waals surface area (Å²) in [6, 6.07) is 10.4. The number of ether oxygens (including phenoxy) is 1. The molecule has 0 aliphatic rings. The van der Waals surface area contributed by atoms with E-state index >= 15 is 0 Å². The van der Waals surface area contributed by atoms with Crippen molar-refractivity contribution in [3.8, 4) is 5.75 Å². The Morgan fingerprint density at radius 2 is 1.68 bits per heavy atom. The van der Waals surface area contributed by atoms with Crippen molar-refractivity contribution < 1.29 is 18.3 Å². The van der Waals surface area contributed by atoms with Crippen molar-refractivity contribution in [1.82, 2.24) is 0 Å². The number of carbonyl (C=O) groups excluding carboxylic acids is 1. The number of benzene rings is 2. The van der Waals surface area contributed by atoms with Gasteiger partial charge in [-0.1, -0.05) is 18.2 Å². The Morgan fingerprint density at radius 1 is 1.05 bits per heavy atom. The minimum Gasteiger partial charge on any atom is -0.484 e. The molecule has 0 aromatic heterocycles. The Bertz CT molecular complexity index is 594. The van der Waals surface area contributed by atoms with Gasteiger partial charge in [-0.05, 0) is 46.9 Å². The van der Waals surface area contributed by atoms with Crippen LogP contribution in [0.15, 0.2) is 42.5 Å². The lowest BCUT2D eigenvalue weighted by Gasteiger charge is -2.08. The van der Waals surface area contributed by atoms with Crippen molar-refractivity contribution in [2.75, 3.05) is 6.61 Å². The van der Waals surface area contributed by atoms with E-state index in [-0.39, 0.29) is 0 Å². The second-order valence-corrected chi connectivity index (χ2v) is 4.90. The highest BCUT2D eigenvalue weighted by Gasteiger charge is 2.17. The molecular formula is C14H9F2IO2. The van der Waals surface area contributed by atoms with E-state index in [0.29, 0.717) is 5.75 Å². The number of carbonyl (C=O) groups is 1. The average molecular weight is 374 g/mol. The lowest BCUT2D eigenvalue weighted by Crippen LogP contribution is -2.15. The van der Waals surface area contributed by atoms with Gasteiger partial charge in [-0.25, -0.2) is 8.78 Å². The van der Waals surface area contributed by atoms with Crippen LogP contribution in [-0.4, -0.2) is 12.4 Å². The Kier molecular flexibility index (Phi) is 4.47. The van der Waals surface area contributed by atoms with Crippen molar-refractivity contribution in [2.24, 2.45) is 0 Å². The molecule has 0 unspecified atom stereocenters. The SMILES string of the molecule is O=C(COc1ccccc1I)c1c(F)cccc1F. The van der Waals surface area contributed by atoms with Gasteiger partial charge in [0.05, 0.1) is 9.13 Å². The van der Waals surface area contributed by atoms with Crippen molar-refractivity contribution in [1.29, 1.82) is 0 Å². The summed E-state index contributed by atoms with van der Waals surface area (Å²) in [6.07, 6.45) is 0. The van der Waals surface area contributed by atoms with Gasteiger partial charge in [0.1, 0.15) is 17.4 Å². The molecule has 0 bridgehead atoms. The van der Waals surface area contributed by atoms with Gasteiger partial charge in [0.2, 0.25) is 5.78 Å². The van der Waals surface area contributed by atoms with Gasteiger partial charge in [0.15, 0.2) is 6.61 Å². The van der Waals surface area contributed by atoms with E-state index in [4.69, 9.17) is 4.74 Å². The van der Waals surface area contributed by atoms with Crippen LogP contribution < -0.4 is 4.74 Å². The van der Waals surface area contributed by atoms with Crippen molar-refractivity contribution >= 4 is 28.4 Å². The van der Waals surface area contributed by atoms with E-state index in [1.54, 1.807) is 12.1 Å². The highest BCUT2D eigenvalue weighted by atomic mass is 127. The average Bonchev–Trinajstić information content (AvgIpc) is 2.37. The smallest absolute Gasteiger partial charge is 0.206 e. The van der Waals surface area contributed by atoms with Crippen LogP contribution in [0.2, 0.25) is 0 Å². The van der Waals surface area contributed by atoms with E-state index in [2.05, 4.69) is 22.6 Å². The molecule has 0 amide bonds. The van der Waals surface area contributed by atoms with Gasteiger partial charge < -0.3 is 4.74 Å². The second kappa shape index (κ2) is 6.10. The molecule has 0 saturated heterocycles. The minimum absolute atomic E-state index is 0.405. The highest BCUT2D eigenvalue weighted by molar-refractivity contribution is 14.1. The first-order valence-electron chi connectivity index (χ1n) is 5.44. The zero-order valence-electron chi connectivity index (χ0n) is 9.70. The Balaban J connectivity index is 2.13. The number of hydrogen-bond acceptors (Lipinski definition) is 2. The summed E-state index contributed by atoms with van der Waals surface area (Å²) < 4.78 is 32.9. The molecule has 0 aliphatic carbocycles. The first-order chi connectivity index (χ1) is 9.09. The predicted molar refractivity (Wildman–Crippen MR) is 75.3 cm³/mol. The highest BCUT2D eigenvalue weighted by Crippen LogP contribution is 2.20. The van der Waals surface area contributed by atoms with Crippen LogP contribution >= 0.6 is 22.6 Å². The molecule has 0 aliphatic heterocycles. The summed E-state index contributed by atoms with van der Waals surface area (Å²) in [5.74, 6) is -1.98. The second-order valence-electron chi connectivity index (χ2n) is 3.74. The number of rotatable bonds is 4. The van der Waals surface area contributed by atoms with E-state index in [0.717, 1.165) is 15.7 Å². The summed E-state index contributed by atoms with van der Waals surface area (Å²) in [6.45, 7) is -0.405. The number of Topliss-reactive ketones (excluding diaryl/α,β-unsaturated/α-hetero) is 1. The molecule has 0 heterocycles. The molecule has 0 saturated carbocycles. The molecule has 2 nitrogen and oxygen atoms in total. The van der Waals surface area contributed by atoms with Crippen LogP contribution in [0.1, 0.15) is 10.4 Å². The number of ketones is 1. The third kappa shape index (κ3) is 3.28. The Hall–Kier alpha value is -1.50. The maximum absolute atomic E-state index is 13.4. The largest absolute Gasteiger partial charge is 0.484 e. The first-order valence-corrected chi connectivity index (χ1v) is 6.52. The fourth-order valence-corrected chi connectivity index (χ4v) is 2.08. The predicted octanol–water partition coefficient (Wildman–Crippen LogP) is 3.83. The molecule has 5 heteroatoms. The summed E-state index contributed by atoms with van der Waals surface area (Å²) in [4.78, 5) is 11.8. The molecule has 2 rings (SSSR count). The first kappa shape index (κ1) is 13.9. The summed E-state index contributed by atoms with van der Waals surface area (Å²) in [5, 5.41) is 0. The third-order valence-corrected chi connectivity index (χ3v) is 3.33. The third-order valence-electron chi connectivity index (χ3n) is 2.44. The monoisotopic (exact) mass is 374 g/mol. The van der Waals surface area contributed by atoms with Crippen LogP contribution in [0.5, 0.6) is 5.75 Å². The zero-order valence-corrected chi connectivity index (χ0v) is 11.9. The van der Waals surface area contributed by atoms with Crippen molar-refractivity contribution in [3.63, 3.8) is 0 Å². The lowest BCUT2D eigenvalue weighted by atomic mass is 10.1. The van der Waals surface area contributed by atoms with Gasteiger partial charge in [-0.3, -0.25) is 4.79 Å². The molecule has 0 atom stereocenters. The molecule has 0 N–H and O–H groups in total. The molecule has 0 fully saturated rings. The lowest BCUT2D eigenvalue weighted by molar-refractivity contribution is 0.0912. The fraction of sp³-hybridized carbons (Fsp3) is 0.0714. The van der Waals surface area contributed by atoms with Crippen LogP contribution in [-0.2, 0) is 0 Å². The zero-order chi connectivity index (χ0) is 13.8. The number of para-hydroxylation sites is 1. The quantitative estimate of drug-likeness (QED) is 0.601. The van der Waals surface area contributed by atoms with Gasteiger partial charge in [-0.15, -0.1) is 0 Å². The van der Waals surface area contributed by atoms with Crippen molar-refractivity contribution in [2.45, 2.75) is 0 Å². The fourth-order valence-electron chi connectivity index (χ4n) is 1.54. The van der Waals surface area contributed by atoms with E-state index in [9.17, 15) is 13.6 Å². The Morgan fingerprint density at radius 3 is 2.32 bits per heavy atom. The Labute approximate surface area is 122 Å². The summed E-state index contributed by atoms with van der Waals surface area (Å²) in [7, 11) is 0. The van der Waals surface area contributed by atoms with Crippen LogP contribution in [0, 0.1) is 15.2 Å². The van der Waals surface area contributed by atoms with Gasteiger partial charge >= 0.3 is 0 Å². The normalized spacial score (nSPS) is 10.3.